The molecule has 0 radical (unpaired) electrons. The van der Waals surface area contributed by atoms with E-state index in [-0.39, 0.29) is 5.91 Å². The van der Waals surface area contributed by atoms with Crippen molar-refractivity contribution in [2.24, 2.45) is 0 Å². The zero-order valence-corrected chi connectivity index (χ0v) is 11.8. The summed E-state index contributed by atoms with van der Waals surface area (Å²) in [4.78, 5) is 12.1. The molecule has 106 valence electrons. The van der Waals surface area contributed by atoms with Crippen LogP contribution in [0.4, 0.5) is 0 Å². The van der Waals surface area contributed by atoms with E-state index in [2.05, 4.69) is 5.32 Å². The van der Waals surface area contributed by atoms with Gasteiger partial charge in [-0.15, -0.1) is 0 Å². The summed E-state index contributed by atoms with van der Waals surface area (Å²) in [5.74, 6) is -0.772. The standard InChI is InChI=1S/C18H17NO2/c1-18(21)16(14-10-6-3-7-11-14)15(12-19-17(18)20)13-8-4-2-5-9-13/h2-12,16,21H,1H3,(H,19,20). The van der Waals surface area contributed by atoms with Gasteiger partial charge in [-0.3, -0.25) is 4.79 Å². The van der Waals surface area contributed by atoms with Crippen molar-refractivity contribution >= 4 is 11.5 Å². The molecule has 1 heterocycles. The third-order valence-electron chi connectivity index (χ3n) is 3.93. The molecule has 3 nitrogen and oxygen atoms in total. The molecule has 0 bridgehead atoms. The van der Waals surface area contributed by atoms with Crippen LogP contribution >= 0.6 is 0 Å². The minimum absolute atomic E-state index is 0.379. The van der Waals surface area contributed by atoms with Gasteiger partial charge in [0.25, 0.3) is 5.91 Å². The molecule has 0 fully saturated rings. The Morgan fingerprint density at radius 2 is 1.57 bits per heavy atom. The van der Waals surface area contributed by atoms with E-state index in [1.54, 1.807) is 13.1 Å². The minimum Gasteiger partial charge on any atom is -0.379 e. The number of rotatable bonds is 2. The topological polar surface area (TPSA) is 49.3 Å². The van der Waals surface area contributed by atoms with Crippen molar-refractivity contribution in [2.75, 3.05) is 0 Å². The van der Waals surface area contributed by atoms with E-state index in [1.807, 2.05) is 60.7 Å². The van der Waals surface area contributed by atoms with E-state index in [1.165, 1.54) is 0 Å². The Hall–Kier alpha value is -2.39. The molecule has 0 saturated carbocycles. The molecular formula is C18H17NO2. The molecule has 0 saturated heterocycles. The van der Waals surface area contributed by atoms with E-state index in [0.717, 1.165) is 16.7 Å². The highest BCUT2D eigenvalue weighted by Gasteiger charge is 2.44. The lowest BCUT2D eigenvalue weighted by molar-refractivity contribution is -0.138. The lowest BCUT2D eigenvalue weighted by atomic mass is 9.74. The molecule has 2 N–H and O–H groups in total. The molecule has 21 heavy (non-hydrogen) atoms. The number of nitrogens with one attached hydrogen (secondary N) is 1. The number of hydrogen-bond acceptors (Lipinski definition) is 2. The fourth-order valence-corrected chi connectivity index (χ4v) is 2.84. The van der Waals surface area contributed by atoms with Crippen molar-refractivity contribution < 1.29 is 9.90 Å². The first-order valence-electron chi connectivity index (χ1n) is 6.94. The normalized spacial score (nSPS) is 25.1. The van der Waals surface area contributed by atoms with Gasteiger partial charge in [0, 0.05) is 12.1 Å². The average Bonchev–Trinajstić information content (AvgIpc) is 2.51. The summed E-state index contributed by atoms with van der Waals surface area (Å²) in [6.45, 7) is 1.57. The van der Waals surface area contributed by atoms with Crippen molar-refractivity contribution in [2.45, 2.75) is 18.4 Å². The summed E-state index contributed by atoms with van der Waals surface area (Å²) in [6, 6.07) is 19.4. The Labute approximate surface area is 123 Å². The Balaban J connectivity index is 2.15. The second kappa shape index (κ2) is 5.19. The first-order valence-corrected chi connectivity index (χ1v) is 6.94. The van der Waals surface area contributed by atoms with Crippen molar-refractivity contribution in [1.82, 2.24) is 5.32 Å². The summed E-state index contributed by atoms with van der Waals surface area (Å²) in [6.07, 6.45) is 1.70. The molecule has 3 heteroatoms. The smallest absolute Gasteiger partial charge is 0.256 e. The average molecular weight is 279 g/mol. The van der Waals surface area contributed by atoms with Gasteiger partial charge in [-0.25, -0.2) is 0 Å². The van der Waals surface area contributed by atoms with Crippen molar-refractivity contribution in [3.05, 3.63) is 78.0 Å². The van der Waals surface area contributed by atoms with E-state index < -0.39 is 11.5 Å². The van der Waals surface area contributed by atoms with Gasteiger partial charge >= 0.3 is 0 Å². The quantitative estimate of drug-likeness (QED) is 0.888. The summed E-state index contributed by atoms with van der Waals surface area (Å²) >= 11 is 0. The molecule has 0 spiro atoms. The van der Waals surface area contributed by atoms with Gasteiger partial charge in [-0.1, -0.05) is 60.7 Å². The van der Waals surface area contributed by atoms with Crippen LogP contribution in [0.2, 0.25) is 0 Å². The monoisotopic (exact) mass is 279 g/mol. The molecule has 1 aliphatic rings. The van der Waals surface area contributed by atoms with E-state index in [0.29, 0.717) is 0 Å². The number of carbonyl (C=O) groups excluding carboxylic acids is 1. The van der Waals surface area contributed by atoms with Crippen LogP contribution in [0.1, 0.15) is 24.0 Å². The van der Waals surface area contributed by atoms with Crippen LogP contribution < -0.4 is 5.32 Å². The fourth-order valence-electron chi connectivity index (χ4n) is 2.84. The van der Waals surface area contributed by atoms with E-state index in [9.17, 15) is 9.90 Å². The van der Waals surface area contributed by atoms with Crippen LogP contribution in [0.25, 0.3) is 5.57 Å². The Bertz CT molecular complexity index is 675. The third kappa shape index (κ3) is 2.36. The van der Waals surface area contributed by atoms with Crippen molar-refractivity contribution in [3.63, 3.8) is 0 Å². The highest BCUT2D eigenvalue weighted by molar-refractivity contribution is 5.94. The van der Waals surface area contributed by atoms with Gasteiger partial charge in [-0.05, 0) is 23.6 Å². The molecule has 1 aliphatic heterocycles. The van der Waals surface area contributed by atoms with E-state index in [4.69, 9.17) is 0 Å². The maximum atomic E-state index is 12.1. The van der Waals surface area contributed by atoms with Gasteiger partial charge < -0.3 is 10.4 Å². The van der Waals surface area contributed by atoms with Gasteiger partial charge in [0.1, 0.15) is 0 Å². The predicted octanol–water partition coefficient (Wildman–Crippen LogP) is 2.69. The highest BCUT2D eigenvalue weighted by atomic mass is 16.3. The second-order valence-corrected chi connectivity index (χ2v) is 5.43. The molecular weight excluding hydrogens is 262 g/mol. The minimum atomic E-state index is -1.48. The van der Waals surface area contributed by atoms with Crippen LogP contribution in [-0.4, -0.2) is 16.6 Å². The molecule has 2 aromatic rings. The van der Waals surface area contributed by atoms with Crippen LogP contribution in [-0.2, 0) is 4.79 Å². The SMILES string of the molecule is CC1(O)C(=O)NC=C(c2ccccc2)C1c1ccccc1. The summed E-state index contributed by atoms with van der Waals surface area (Å²) < 4.78 is 0. The van der Waals surface area contributed by atoms with Gasteiger partial charge in [0.2, 0.25) is 0 Å². The number of carbonyl (C=O) groups is 1. The third-order valence-corrected chi connectivity index (χ3v) is 3.93. The molecule has 3 rings (SSSR count). The fraction of sp³-hybridized carbons (Fsp3) is 0.167. The van der Waals surface area contributed by atoms with Crippen molar-refractivity contribution in [3.8, 4) is 0 Å². The maximum Gasteiger partial charge on any atom is 0.256 e. The van der Waals surface area contributed by atoms with Crippen LogP contribution in [0.15, 0.2) is 66.9 Å². The predicted molar refractivity (Wildman–Crippen MR) is 82.4 cm³/mol. The molecule has 2 unspecified atom stereocenters. The maximum absolute atomic E-state index is 12.1. The summed E-state index contributed by atoms with van der Waals surface area (Å²) in [7, 11) is 0. The number of aliphatic hydroxyl groups is 1. The first-order chi connectivity index (χ1) is 10.1. The number of benzene rings is 2. The van der Waals surface area contributed by atoms with Crippen LogP contribution in [0, 0.1) is 0 Å². The Morgan fingerprint density at radius 1 is 1.00 bits per heavy atom. The van der Waals surface area contributed by atoms with Crippen LogP contribution in [0.3, 0.4) is 0 Å². The zero-order valence-electron chi connectivity index (χ0n) is 11.8. The molecule has 2 atom stereocenters. The van der Waals surface area contributed by atoms with Crippen LogP contribution in [0.5, 0.6) is 0 Å². The number of hydrogen-bond donors (Lipinski definition) is 2. The molecule has 0 aliphatic carbocycles. The Kier molecular flexibility index (Phi) is 3.35. The van der Waals surface area contributed by atoms with Gasteiger partial charge in [0.05, 0.1) is 0 Å². The lowest BCUT2D eigenvalue weighted by Gasteiger charge is -2.37. The van der Waals surface area contributed by atoms with Crippen molar-refractivity contribution in [1.29, 1.82) is 0 Å². The Morgan fingerprint density at radius 3 is 2.19 bits per heavy atom. The van der Waals surface area contributed by atoms with E-state index >= 15 is 0 Å². The first kappa shape index (κ1) is 13.6. The molecule has 1 amide bonds. The zero-order chi connectivity index (χ0) is 14.9. The van der Waals surface area contributed by atoms with Gasteiger partial charge in [0.15, 0.2) is 5.60 Å². The molecule has 0 aromatic heterocycles. The largest absolute Gasteiger partial charge is 0.379 e. The summed E-state index contributed by atoms with van der Waals surface area (Å²) in [5.41, 5.74) is 1.34. The summed E-state index contributed by atoms with van der Waals surface area (Å²) in [5, 5.41) is 13.4. The lowest BCUT2D eigenvalue weighted by Crippen LogP contribution is -2.50. The number of amides is 1. The van der Waals surface area contributed by atoms with Gasteiger partial charge in [-0.2, -0.15) is 0 Å². The molecule has 2 aromatic carbocycles. The second-order valence-electron chi connectivity index (χ2n) is 5.43. The highest BCUT2D eigenvalue weighted by Crippen LogP contribution is 2.42.